The smallest absolute Gasteiger partial charge is 0.303 e. The van der Waals surface area contributed by atoms with E-state index in [1.165, 1.54) is 19.3 Å². The summed E-state index contributed by atoms with van der Waals surface area (Å²) in [5, 5.41) is 9.61. The molecule has 0 amide bonds. The molecule has 1 N–H and O–H groups in total. The lowest BCUT2D eigenvalue weighted by atomic mass is 9.71. The average Bonchev–Trinajstić information content (AvgIpc) is 2.36. The second kappa shape index (κ2) is 6.36. The minimum atomic E-state index is -0.483. The van der Waals surface area contributed by atoms with Crippen LogP contribution in [0, 0.1) is 10.8 Å². The van der Waals surface area contributed by atoms with Crippen molar-refractivity contribution in [3.63, 3.8) is 0 Å². The number of nitrogens with one attached hydrogen (secondary N) is 1. The molecule has 1 aliphatic rings. The Morgan fingerprint density at radius 1 is 1.47 bits per heavy atom. The van der Waals surface area contributed by atoms with Gasteiger partial charge in [0.1, 0.15) is 6.01 Å². The second-order valence-corrected chi connectivity index (χ2v) is 4.69. The molecule has 0 atom stereocenters. The Morgan fingerprint density at radius 3 is 2.65 bits per heavy atom. The maximum absolute atomic E-state index is 11.5. The van der Waals surface area contributed by atoms with Crippen LogP contribution in [0.3, 0.4) is 0 Å². The van der Waals surface area contributed by atoms with Crippen molar-refractivity contribution in [3.8, 4) is 0 Å². The number of hydrogen-bond donors (Lipinski definition) is 1. The van der Waals surface area contributed by atoms with Crippen molar-refractivity contribution in [2.75, 3.05) is 0 Å². The quantitative estimate of drug-likeness (QED) is 0.351. The second-order valence-electron chi connectivity index (χ2n) is 4.69. The predicted octanol–water partition coefficient (Wildman–Crippen LogP) is 3.50. The van der Waals surface area contributed by atoms with Gasteiger partial charge in [-0.25, -0.2) is 10.2 Å². The van der Waals surface area contributed by atoms with Gasteiger partial charge in [-0.1, -0.05) is 32.3 Å². The Bertz CT molecular complexity index is 348. The number of nitrogens with zero attached hydrogens (tertiary/aromatic N) is 1. The Morgan fingerprint density at radius 2 is 2.12 bits per heavy atom. The maximum atomic E-state index is 11.5. The highest BCUT2D eigenvalue weighted by molar-refractivity contribution is 5.87. The van der Waals surface area contributed by atoms with Gasteiger partial charge in [-0.3, -0.25) is 0 Å². The molecule has 17 heavy (non-hydrogen) atoms. The number of rotatable bonds is 4. The minimum Gasteiger partial charge on any atom is -0.303 e. The molecule has 0 radical (unpaired) electrons. The molecule has 0 unspecified atom stereocenters. The van der Waals surface area contributed by atoms with E-state index in [1.807, 2.05) is 6.08 Å². The van der Waals surface area contributed by atoms with Gasteiger partial charge in [-0.05, 0) is 36.8 Å². The third-order valence-electron chi connectivity index (χ3n) is 3.57. The maximum Gasteiger partial charge on any atom is 0.362 e. The van der Waals surface area contributed by atoms with Crippen LogP contribution < -0.4 is 0 Å². The van der Waals surface area contributed by atoms with E-state index in [0.29, 0.717) is 5.57 Å². The van der Waals surface area contributed by atoms with Crippen LogP contribution >= 0.6 is 0 Å². The minimum absolute atomic E-state index is 0.149. The van der Waals surface area contributed by atoms with Crippen LogP contribution in [0.25, 0.3) is 0 Å². The molecule has 1 saturated carbocycles. The number of carbonyl (C=O) groups is 1. The zero-order chi connectivity index (χ0) is 12.7. The van der Waals surface area contributed by atoms with Crippen LogP contribution in [0.4, 0.5) is 0 Å². The highest BCUT2D eigenvalue weighted by atomic mass is 16.7. The van der Waals surface area contributed by atoms with Gasteiger partial charge >= 0.3 is 5.97 Å². The van der Waals surface area contributed by atoms with E-state index in [0.717, 1.165) is 19.3 Å². The molecule has 0 bridgehead atoms. The summed E-state index contributed by atoms with van der Waals surface area (Å²) < 4.78 is 0. The molecule has 1 fully saturated rings. The van der Waals surface area contributed by atoms with E-state index in [1.54, 1.807) is 12.9 Å². The summed E-state index contributed by atoms with van der Waals surface area (Å²) in [4.78, 5) is 16.0. The molecular formula is C13H20N2O2. The first-order valence-electron chi connectivity index (χ1n) is 6.16. The molecule has 1 aliphatic carbocycles. The van der Waals surface area contributed by atoms with Crippen molar-refractivity contribution in [2.24, 2.45) is 10.6 Å². The molecule has 0 aromatic heterocycles. The SMILES string of the molecule is CCC1(C=C(C)C(=O)ON=C=N)CCCCC1. The van der Waals surface area contributed by atoms with Crippen LogP contribution in [0.1, 0.15) is 52.4 Å². The van der Waals surface area contributed by atoms with E-state index >= 15 is 0 Å². The fraction of sp³-hybridized carbons (Fsp3) is 0.692. The molecule has 0 aromatic rings. The first-order valence-corrected chi connectivity index (χ1v) is 6.16. The lowest BCUT2D eigenvalue weighted by molar-refractivity contribution is -0.139. The summed E-state index contributed by atoms with van der Waals surface area (Å²) in [6.07, 6.45) is 9.11. The van der Waals surface area contributed by atoms with Gasteiger partial charge in [0.25, 0.3) is 0 Å². The first kappa shape index (κ1) is 13.7. The van der Waals surface area contributed by atoms with Crippen LogP contribution in [0.5, 0.6) is 0 Å². The number of hydrogen-bond acceptors (Lipinski definition) is 4. The van der Waals surface area contributed by atoms with Crippen molar-refractivity contribution in [3.05, 3.63) is 11.6 Å². The molecule has 0 aliphatic heterocycles. The Labute approximate surface area is 102 Å². The van der Waals surface area contributed by atoms with Gasteiger partial charge in [0.2, 0.25) is 0 Å². The standard InChI is InChI=1S/C13H20N2O2/c1-3-13(7-5-4-6-8-13)9-11(2)12(16)17-15-10-14/h9,14H,3-8H2,1-2H3. The third kappa shape index (κ3) is 3.82. The van der Waals surface area contributed by atoms with Gasteiger partial charge in [0.05, 0.1) is 0 Å². The fourth-order valence-electron chi connectivity index (χ4n) is 2.51. The van der Waals surface area contributed by atoms with Crippen LogP contribution in [-0.4, -0.2) is 12.0 Å². The first-order chi connectivity index (χ1) is 8.13. The van der Waals surface area contributed by atoms with Gasteiger partial charge in [0.15, 0.2) is 0 Å². The van der Waals surface area contributed by atoms with E-state index in [-0.39, 0.29) is 5.41 Å². The summed E-state index contributed by atoms with van der Waals surface area (Å²) >= 11 is 0. The molecule has 0 aromatic carbocycles. The summed E-state index contributed by atoms with van der Waals surface area (Å²) in [7, 11) is 0. The number of allylic oxidation sites excluding steroid dienone is 1. The molecular weight excluding hydrogens is 216 g/mol. The predicted molar refractivity (Wildman–Crippen MR) is 65.8 cm³/mol. The zero-order valence-electron chi connectivity index (χ0n) is 10.6. The number of carbonyl (C=O) groups excluding carboxylic acids is 1. The fourth-order valence-corrected chi connectivity index (χ4v) is 2.51. The molecule has 0 heterocycles. The van der Waals surface area contributed by atoms with Crippen molar-refractivity contribution < 1.29 is 9.63 Å². The normalized spacial score (nSPS) is 19.3. The van der Waals surface area contributed by atoms with Gasteiger partial charge in [0, 0.05) is 5.57 Å². The highest BCUT2D eigenvalue weighted by Crippen LogP contribution is 2.41. The van der Waals surface area contributed by atoms with Crippen LogP contribution in [-0.2, 0) is 9.63 Å². The monoisotopic (exact) mass is 236 g/mol. The third-order valence-corrected chi connectivity index (χ3v) is 3.57. The van der Waals surface area contributed by atoms with E-state index < -0.39 is 5.97 Å². The Hall–Kier alpha value is -1.41. The van der Waals surface area contributed by atoms with Crippen LogP contribution in [0.2, 0.25) is 0 Å². The van der Waals surface area contributed by atoms with Crippen molar-refractivity contribution in [1.82, 2.24) is 0 Å². The molecule has 4 nitrogen and oxygen atoms in total. The Kier molecular flexibility index (Phi) is 5.11. The van der Waals surface area contributed by atoms with Crippen molar-refractivity contribution >= 4 is 12.0 Å². The van der Waals surface area contributed by atoms with Gasteiger partial charge < -0.3 is 4.84 Å². The van der Waals surface area contributed by atoms with Gasteiger partial charge in [-0.15, -0.1) is 0 Å². The highest BCUT2D eigenvalue weighted by Gasteiger charge is 2.28. The summed E-state index contributed by atoms with van der Waals surface area (Å²) in [5.41, 5.74) is 0.725. The molecule has 0 saturated heterocycles. The molecule has 0 spiro atoms. The van der Waals surface area contributed by atoms with Crippen molar-refractivity contribution in [2.45, 2.75) is 52.4 Å². The molecule has 1 rings (SSSR count). The largest absolute Gasteiger partial charge is 0.362 e. The van der Waals surface area contributed by atoms with E-state index in [2.05, 4.69) is 16.9 Å². The summed E-state index contributed by atoms with van der Waals surface area (Å²) in [5.74, 6) is -0.483. The van der Waals surface area contributed by atoms with Crippen LogP contribution in [0.15, 0.2) is 16.8 Å². The van der Waals surface area contributed by atoms with E-state index in [4.69, 9.17) is 5.41 Å². The van der Waals surface area contributed by atoms with Gasteiger partial charge in [-0.2, -0.15) is 0 Å². The lowest BCUT2D eigenvalue weighted by Crippen LogP contribution is -2.22. The van der Waals surface area contributed by atoms with E-state index in [9.17, 15) is 4.79 Å². The topological polar surface area (TPSA) is 62.5 Å². The average molecular weight is 236 g/mol. The molecule has 4 heteroatoms. The zero-order valence-corrected chi connectivity index (χ0v) is 10.6. The summed E-state index contributed by atoms with van der Waals surface area (Å²) in [6.45, 7) is 3.91. The van der Waals surface area contributed by atoms with Crippen molar-refractivity contribution in [1.29, 1.82) is 5.41 Å². The molecule has 94 valence electrons. The Balaban J connectivity index is 2.75. The lowest BCUT2D eigenvalue weighted by Gasteiger charge is -2.34. The summed E-state index contributed by atoms with van der Waals surface area (Å²) in [6, 6.07) is 1.69.